The normalized spacial score (nSPS) is 21.7. The molecule has 0 N–H and O–H groups in total. The predicted octanol–water partition coefficient (Wildman–Crippen LogP) is 6.68. The molecule has 0 heterocycles. The van der Waals surface area contributed by atoms with E-state index in [4.69, 9.17) is 0 Å². The number of alkyl halides is 3. The second kappa shape index (κ2) is 7.85. The molecule has 0 spiro atoms. The second-order valence-corrected chi connectivity index (χ2v) is 8.05. The third-order valence-corrected chi connectivity index (χ3v) is 6.20. The summed E-state index contributed by atoms with van der Waals surface area (Å²) in [6, 6.07) is 8.25. The van der Waals surface area contributed by atoms with Crippen molar-refractivity contribution in [3.05, 3.63) is 76.1 Å². The number of fused-ring (bicyclic) bond motifs is 3. The Kier molecular flexibility index (Phi) is 5.41. The molecule has 2 aliphatic rings. The van der Waals surface area contributed by atoms with Gasteiger partial charge in [-0.25, -0.2) is 4.39 Å². The monoisotopic (exact) mass is 404 g/mol. The van der Waals surface area contributed by atoms with Gasteiger partial charge in [-0.15, -0.1) is 13.2 Å². The minimum Gasteiger partial charge on any atom is -0.403 e. The third kappa shape index (κ3) is 4.34. The molecule has 0 aliphatic heterocycles. The lowest BCUT2D eigenvalue weighted by atomic mass is 9.74. The number of allylic oxidation sites excluding steroid dienone is 2. The van der Waals surface area contributed by atoms with Crippen molar-refractivity contribution in [2.24, 2.45) is 5.92 Å². The van der Waals surface area contributed by atoms with Gasteiger partial charge in [0.1, 0.15) is 0 Å². The van der Waals surface area contributed by atoms with Gasteiger partial charge in [0.2, 0.25) is 0 Å². The summed E-state index contributed by atoms with van der Waals surface area (Å²) in [5.41, 5.74) is 6.39. The molecule has 5 heteroatoms. The van der Waals surface area contributed by atoms with Gasteiger partial charge in [-0.1, -0.05) is 30.4 Å². The Morgan fingerprint density at radius 3 is 2.31 bits per heavy atom. The van der Waals surface area contributed by atoms with Crippen molar-refractivity contribution in [1.29, 1.82) is 0 Å². The van der Waals surface area contributed by atoms with Crippen LogP contribution < -0.4 is 4.74 Å². The highest BCUT2D eigenvalue weighted by Crippen LogP contribution is 2.39. The number of rotatable bonds is 3. The number of hydrogen-bond acceptors (Lipinski definition) is 1. The molecule has 0 unspecified atom stereocenters. The van der Waals surface area contributed by atoms with Crippen molar-refractivity contribution < 1.29 is 22.3 Å². The van der Waals surface area contributed by atoms with Gasteiger partial charge in [0.25, 0.3) is 0 Å². The molecule has 0 radical (unpaired) electrons. The van der Waals surface area contributed by atoms with E-state index in [9.17, 15) is 17.6 Å². The van der Waals surface area contributed by atoms with Gasteiger partial charge < -0.3 is 4.74 Å². The molecule has 29 heavy (non-hydrogen) atoms. The summed E-state index contributed by atoms with van der Waals surface area (Å²) < 4.78 is 54.9. The molecule has 1 nitrogen and oxygen atoms in total. The van der Waals surface area contributed by atoms with Gasteiger partial charge in [0, 0.05) is 0 Å². The number of hydrogen-bond donors (Lipinski definition) is 0. The highest BCUT2D eigenvalue weighted by molar-refractivity contribution is 5.46. The van der Waals surface area contributed by atoms with Gasteiger partial charge in [-0.2, -0.15) is 0 Å². The van der Waals surface area contributed by atoms with Crippen LogP contribution in [0.2, 0.25) is 0 Å². The first-order valence-electron chi connectivity index (χ1n) is 10.1. The smallest absolute Gasteiger partial charge is 0.403 e. The van der Waals surface area contributed by atoms with E-state index in [0.29, 0.717) is 5.92 Å². The topological polar surface area (TPSA) is 9.23 Å². The number of ether oxygens (including phenoxy) is 1. The van der Waals surface area contributed by atoms with Crippen LogP contribution in [0.15, 0.2) is 42.5 Å². The molecule has 2 aliphatic carbocycles. The van der Waals surface area contributed by atoms with Crippen LogP contribution >= 0.6 is 0 Å². The third-order valence-electron chi connectivity index (χ3n) is 6.20. The van der Waals surface area contributed by atoms with Crippen LogP contribution in [-0.2, 0) is 25.7 Å². The van der Waals surface area contributed by atoms with Gasteiger partial charge in [-0.3, -0.25) is 0 Å². The molecule has 0 aromatic heterocycles. The summed E-state index contributed by atoms with van der Waals surface area (Å²) >= 11 is 0. The lowest BCUT2D eigenvalue weighted by Gasteiger charge is -2.31. The van der Waals surface area contributed by atoms with Crippen molar-refractivity contribution in [3.63, 3.8) is 0 Å². The maximum Gasteiger partial charge on any atom is 0.573 e. The van der Waals surface area contributed by atoms with Crippen LogP contribution in [0.25, 0.3) is 0 Å². The summed E-state index contributed by atoms with van der Waals surface area (Å²) in [6.45, 7) is 2.06. The Balaban J connectivity index is 1.53. The molecule has 0 saturated carbocycles. The molecule has 0 fully saturated rings. The van der Waals surface area contributed by atoms with E-state index in [1.165, 1.54) is 34.7 Å². The Hall–Kier alpha value is -2.30. The largest absolute Gasteiger partial charge is 0.573 e. The van der Waals surface area contributed by atoms with Crippen molar-refractivity contribution in [3.8, 4) is 5.75 Å². The Bertz CT molecular complexity index is 929. The fourth-order valence-electron chi connectivity index (χ4n) is 4.90. The second-order valence-electron chi connectivity index (χ2n) is 8.05. The molecule has 2 aromatic rings. The highest BCUT2D eigenvalue weighted by Gasteiger charge is 2.33. The lowest BCUT2D eigenvalue weighted by molar-refractivity contribution is -0.275. The van der Waals surface area contributed by atoms with E-state index >= 15 is 0 Å². The summed E-state index contributed by atoms with van der Waals surface area (Å²) in [6.07, 6.45) is 5.47. The highest BCUT2D eigenvalue weighted by atomic mass is 19.4. The number of benzene rings is 2. The first kappa shape index (κ1) is 20.0. The molecule has 154 valence electrons. The van der Waals surface area contributed by atoms with Crippen LogP contribution in [0.1, 0.15) is 53.5 Å². The minimum atomic E-state index is -4.89. The molecule has 4 rings (SSSR count). The minimum absolute atomic E-state index is 0.106. The zero-order valence-corrected chi connectivity index (χ0v) is 16.4. The fourth-order valence-corrected chi connectivity index (χ4v) is 4.90. The summed E-state index contributed by atoms with van der Waals surface area (Å²) in [7, 11) is 0. The van der Waals surface area contributed by atoms with Gasteiger partial charge in [0.05, 0.1) is 0 Å². The Morgan fingerprint density at radius 2 is 1.66 bits per heavy atom. The standard InChI is InChI=1S/C24H24F4O/c1-2-3-15-4-9-20-18(12-15)5-6-19-13-16(7-10-21(19)20)17-8-11-23(22(25)14-17)29-24(26,27)28/h2-3,5-6,8,11,14-16H,4,7,9-10,12-13H2,1H3/b3-2-/t15-,16-/m0/s1. The summed E-state index contributed by atoms with van der Waals surface area (Å²) in [5.74, 6) is -1.02. The first-order chi connectivity index (χ1) is 13.8. The molecule has 0 amide bonds. The van der Waals surface area contributed by atoms with Crippen molar-refractivity contribution in [1.82, 2.24) is 0 Å². The van der Waals surface area contributed by atoms with Crippen molar-refractivity contribution in [2.45, 2.75) is 57.7 Å². The lowest BCUT2D eigenvalue weighted by Crippen LogP contribution is -2.20. The van der Waals surface area contributed by atoms with E-state index in [2.05, 4.69) is 35.9 Å². The molecular formula is C24H24F4O. The maximum absolute atomic E-state index is 14.1. The fraction of sp³-hybridized carbons (Fsp3) is 0.417. The Morgan fingerprint density at radius 1 is 0.966 bits per heavy atom. The van der Waals surface area contributed by atoms with E-state index in [0.717, 1.165) is 43.7 Å². The average Bonchev–Trinajstić information content (AvgIpc) is 2.68. The van der Waals surface area contributed by atoms with Crippen LogP contribution in [0, 0.1) is 11.7 Å². The zero-order valence-electron chi connectivity index (χ0n) is 16.4. The predicted molar refractivity (Wildman–Crippen MR) is 105 cm³/mol. The van der Waals surface area contributed by atoms with Gasteiger partial charge in [0.15, 0.2) is 11.6 Å². The van der Waals surface area contributed by atoms with Crippen molar-refractivity contribution >= 4 is 0 Å². The SMILES string of the molecule is C/C=C\[C@H]1CCc2c(ccc3c2CC[C@H](c2ccc(OC(F)(F)F)c(F)c2)C3)C1. The molecular weight excluding hydrogens is 380 g/mol. The van der Waals surface area contributed by atoms with Crippen molar-refractivity contribution in [2.75, 3.05) is 0 Å². The van der Waals surface area contributed by atoms with Crippen LogP contribution in [-0.4, -0.2) is 6.36 Å². The van der Waals surface area contributed by atoms with Crippen LogP contribution in [0.3, 0.4) is 0 Å². The van der Waals surface area contributed by atoms with Crippen LogP contribution in [0.5, 0.6) is 5.75 Å². The summed E-state index contributed by atoms with van der Waals surface area (Å²) in [4.78, 5) is 0. The molecule has 0 saturated heterocycles. The summed E-state index contributed by atoms with van der Waals surface area (Å²) in [5, 5.41) is 0. The zero-order chi connectivity index (χ0) is 20.6. The molecule has 2 aromatic carbocycles. The first-order valence-corrected chi connectivity index (χ1v) is 10.1. The molecule has 0 bridgehead atoms. The quantitative estimate of drug-likeness (QED) is 0.410. The van der Waals surface area contributed by atoms with E-state index in [1.54, 1.807) is 6.07 Å². The Labute approximate surface area is 168 Å². The maximum atomic E-state index is 14.1. The van der Waals surface area contributed by atoms with Gasteiger partial charge >= 0.3 is 6.36 Å². The van der Waals surface area contributed by atoms with E-state index in [-0.39, 0.29) is 5.92 Å². The van der Waals surface area contributed by atoms with E-state index in [1.807, 2.05) is 0 Å². The van der Waals surface area contributed by atoms with Crippen LogP contribution in [0.4, 0.5) is 17.6 Å². The average molecular weight is 404 g/mol. The number of halogens is 4. The molecule has 2 atom stereocenters. The van der Waals surface area contributed by atoms with E-state index < -0.39 is 17.9 Å². The van der Waals surface area contributed by atoms with Gasteiger partial charge in [-0.05, 0) is 97.2 Å².